The highest BCUT2D eigenvalue weighted by Gasteiger charge is 2.25. The van der Waals surface area contributed by atoms with Crippen molar-refractivity contribution in [2.75, 3.05) is 6.61 Å². The molecule has 1 aliphatic heterocycles. The lowest BCUT2D eigenvalue weighted by Crippen LogP contribution is -2.31. The van der Waals surface area contributed by atoms with Crippen LogP contribution in [0.15, 0.2) is 24.3 Å². The van der Waals surface area contributed by atoms with Crippen LogP contribution in [0.25, 0.3) is 0 Å². The third kappa shape index (κ3) is 3.42. The highest BCUT2D eigenvalue weighted by molar-refractivity contribution is 5.94. The zero-order valence-corrected chi connectivity index (χ0v) is 13.3. The molecule has 0 radical (unpaired) electrons. The Kier molecular flexibility index (Phi) is 4.43. The van der Waals surface area contributed by atoms with Crippen molar-refractivity contribution in [3.63, 3.8) is 0 Å². The maximum absolute atomic E-state index is 13.0. The molecule has 0 saturated heterocycles. The molecule has 0 bridgehead atoms. The number of ether oxygens (including phenoxy) is 1. The van der Waals surface area contributed by atoms with Crippen LogP contribution in [-0.2, 0) is 24.3 Å². The van der Waals surface area contributed by atoms with Gasteiger partial charge in [0.05, 0.1) is 19.8 Å². The Morgan fingerprint density at radius 1 is 1.39 bits per heavy atom. The van der Waals surface area contributed by atoms with Crippen molar-refractivity contribution in [1.82, 2.24) is 15.1 Å². The maximum atomic E-state index is 13.0. The van der Waals surface area contributed by atoms with Gasteiger partial charge in [0.1, 0.15) is 5.82 Å². The van der Waals surface area contributed by atoms with E-state index in [9.17, 15) is 9.18 Å². The fourth-order valence-electron chi connectivity index (χ4n) is 2.72. The number of nitrogens with one attached hydrogen (secondary N) is 1. The van der Waals surface area contributed by atoms with Crippen molar-refractivity contribution in [3.8, 4) is 0 Å². The molecule has 0 fully saturated rings. The third-order valence-corrected chi connectivity index (χ3v) is 3.78. The summed E-state index contributed by atoms with van der Waals surface area (Å²) in [5.74, 6) is -0.443. The smallest absolute Gasteiger partial charge is 0.272 e. The van der Waals surface area contributed by atoms with Gasteiger partial charge in [0.25, 0.3) is 5.91 Å². The zero-order valence-electron chi connectivity index (χ0n) is 13.3. The van der Waals surface area contributed by atoms with E-state index in [1.807, 2.05) is 18.5 Å². The van der Waals surface area contributed by atoms with Gasteiger partial charge in [0.2, 0.25) is 0 Å². The summed E-state index contributed by atoms with van der Waals surface area (Å²) in [5.41, 5.74) is 3.25. The van der Waals surface area contributed by atoms with E-state index in [0.29, 0.717) is 25.5 Å². The van der Waals surface area contributed by atoms with Crippen molar-refractivity contribution in [3.05, 3.63) is 52.6 Å². The van der Waals surface area contributed by atoms with Crippen molar-refractivity contribution in [2.24, 2.45) is 0 Å². The second kappa shape index (κ2) is 6.50. The summed E-state index contributed by atoms with van der Waals surface area (Å²) in [6, 6.07) is 6.37. The number of aromatic nitrogens is 2. The number of carbonyl (C=O) groups is 1. The number of hydrogen-bond donors (Lipinski definition) is 1. The van der Waals surface area contributed by atoms with Gasteiger partial charge in [-0.2, -0.15) is 5.10 Å². The number of rotatable bonds is 4. The Hall–Kier alpha value is -2.21. The van der Waals surface area contributed by atoms with Gasteiger partial charge in [-0.25, -0.2) is 4.39 Å². The first-order chi connectivity index (χ1) is 11.0. The molecule has 0 unspecified atom stereocenters. The quantitative estimate of drug-likeness (QED) is 0.941. The normalized spacial score (nSPS) is 13.9. The van der Waals surface area contributed by atoms with Crippen molar-refractivity contribution >= 4 is 5.91 Å². The van der Waals surface area contributed by atoms with E-state index in [4.69, 9.17) is 4.74 Å². The molecule has 6 heteroatoms. The van der Waals surface area contributed by atoms with Crippen LogP contribution in [0.3, 0.4) is 0 Å². The fraction of sp³-hybridized carbons (Fsp3) is 0.412. The van der Waals surface area contributed by atoms with Crippen molar-refractivity contribution in [2.45, 2.75) is 39.5 Å². The second-order valence-corrected chi connectivity index (χ2v) is 5.99. The van der Waals surface area contributed by atoms with E-state index in [2.05, 4.69) is 10.4 Å². The van der Waals surface area contributed by atoms with E-state index < -0.39 is 0 Å². The SMILES string of the molecule is CC(C)NC(=O)c1nn(Cc2ccc(F)cc2)c2c1COCC2. The van der Waals surface area contributed by atoms with Gasteiger partial charge in [-0.05, 0) is 31.5 Å². The fourth-order valence-corrected chi connectivity index (χ4v) is 2.72. The summed E-state index contributed by atoms with van der Waals surface area (Å²) in [7, 11) is 0. The number of benzene rings is 1. The van der Waals surface area contributed by atoms with E-state index >= 15 is 0 Å². The van der Waals surface area contributed by atoms with Crippen LogP contribution >= 0.6 is 0 Å². The van der Waals surface area contributed by atoms with Gasteiger partial charge < -0.3 is 10.1 Å². The molecule has 2 aromatic rings. The van der Waals surface area contributed by atoms with Gasteiger partial charge in [-0.3, -0.25) is 9.48 Å². The van der Waals surface area contributed by atoms with Crippen LogP contribution in [-0.4, -0.2) is 28.3 Å². The van der Waals surface area contributed by atoms with E-state index in [-0.39, 0.29) is 17.8 Å². The minimum Gasteiger partial charge on any atom is -0.376 e. The molecule has 2 heterocycles. The molecule has 1 aliphatic rings. The van der Waals surface area contributed by atoms with Gasteiger partial charge in [0, 0.05) is 23.7 Å². The molecule has 1 amide bonds. The van der Waals surface area contributed by atoms with Gasteiger partial charge in [-0.15, -0.1) is 0 Å². The number of hydrogen-bond acceptors (Lipinski definition) is 3. The van der Waals surface area contributed by atoms with Crippen molar-refractivity contribution < 1.29 is 13.9 Å². The molecular formula is C17H20FN3O2. The Labute approximate surface area is 134 Å². The second-order valence-electron chi connectivity index (χ2n) is 5.99. The molecule has 122 valence electrons. The first kappa shape index (κ1) is 15.7. The molecule has 23 heavy (non-hydrogen) atoms. The first-order valence-corrected chi connectivity index (χ1v) is 7.76. The minimum absolute atomic E-state index is 0.0462. The van der Waals surface area contributed by atoms with Crippen LogP contribution in [0.4, 0.5) is 4.39 Å². The molecule has 3 rings (SSSR count). The average Bonchev–Trinajstić information content (AvgIpc) is 2.88. The molecule has 0 aliphatic carbocycles. The zero-order chi connectivity index (χ0) is 16.4. The number of halogens is 1. The van der Waals surface area contributed by atoms with Gasteiger partial charge in [0.15, 0.2) is 5.69 Å². The lowest BCUT2D eigenvalue weighted by atomic mass is 10.1. The number of fused-ring (bicyclic) bond motifs is 1. The molecule has 0 atom stereocenters. The first-order valence-electron chi connectivity index (χ1n) is 7.76. The van der Waals surface area contributed by atoms with Crippen LogP contribution in [0, 0.1) is 5.82 Å². The predicted molar refractivity (Wildman–Crippen MR) is 83.7 cm³/mol. The summed E-state index contributed by atoms with van der Waals surface area (Å²) in [4.78, 5) is 12.3. The number of nitrogens with zero attached hydrogens (tertiary/aromatic N) is 2. The van der Waals surface area contributed by atoms with Crippen LogP contribution in [0.2, 0.25) is 0 Å². The summed E-state index contributed by atoms with van der Waals surface area (Å²) < 4.78 is 20.4. The van der Waals surface area contributed by atoms with Crippen molar-refractivity contribution in [1.29, 1.82) is 0 Å². The summed E-state index contributed by atoms with van der Waals surface area (Å²) in [6.45, 7) is 5.36. The lowest BCUT2D eigenvalue weighted by molar-refractivity contribution is 0.0915. The van der Waals surface area contributed by atoms with Crippen LogP contribution in [0.1, 0.15) is 41.2 Å². The van der Waals surface area contributed by atoms with E-state index in [1.54, 1.807) is 12.1 Å². The molecule has 1 aromatic heterocycles. The molecule has 1 aromatic carbocycles. The molecular weight excluding hydrogens is 297 g/mol. The molecule has 0 saturated carbocycles. The van der Waals surface area contributed by atoms with Gasteiger partial charge in [-0.1, -0.05) is 12.1 Å². The molecule has 1 N–H and O–H groups in total. The maximum Gasteiger partial charge on any atom is 0.272 e. The standard InChI is InChI=1S/C17H20FN3O2/c1-11(2)19-17(22)16-14-10-23-8-7-15(14)21(20-16)9-12-3-5-13(18)6-4-12/h3-6,11H,7-10H2,1-2H3,(H,19,22). The predicted octanol–water partition coefficient (Wildman–Crippen LogP) is 2.28. The molecule has 0 spiro atoms. The van der Waals surface area contributed by atoms with Gasteiger partial charge >= 0.3 is 0 Å². The van der Waals surface area contributed by atoms with E-state index in [0.717, 1.165) is 23.2 Å². The third-order valence-electron chi connectivity index (χ3n) is 3.78. The minimum atomic E-state index is -0.262. The summed E-state index contributed by atoms with van der Waals surface area (Å²) >= 11 is 0. The lowest BCUT2D eigenvalue weighted by Gasteiger charge is -2.15. The Balaban J connectivity index is 1.92. The Morgan fingerprint density at radius 2 is 2.13 bits per heavy atom. The number of carbonyl (C=O) groups excluding carboxylic acids is 1. The topological polar surface area (TPSA) is 56.2 Å². The Morgan fingerprint density at radius 3 is 2.83 bits per heavy atom. The highest BCUT2D eigenvalue weighted by atomic mass is 19.1. The highest BCUT2D eigenvalue weighted by Crippen LogP contribution is 2.22. The largest absolute Gasteiger partial charge is 0.376 e. The van der Waals surface area contributed by atoms with Crippen LogP contribution < -0.4 is 5.32 Å². The van der Waals surface area contributed by atoms with E-state index in [1.165, 1.54) is 12.1 Å². The summed E-state index contributed by atoms with van der Waals surface area (Å²) in [5, 5.41) is 7.37. The van der Waals surface area contributed by atoms with Crippen LogP contribution in [0.5, 0.6) is 0 Å². The molecule has 5 nitrogen and oxygen atoms in total. The average molecular weight is 317 g/mol. The summed E-state index contributed by atoms with van der Waals surface area (Å²) in [6.07, 6.45) is 0.721. The number of amides is 1. The Bertz CT molecular complexity index is 707. The monoisotopic (exact) mass is 317 g/mol.